The van der Waals surface area contributed by atoms with E-state index in [1.54, 1.807) is 0 Å². The summed E-state index contributed by atoms with van der Waals surface area (Å²) in [5, 5.41) is 0. The molecule has 18 heavy (non-hydrogen) atoms. The second kappa shape index (κ2) is 21.5. The van der Waals surface area contributed by atoms with Crippen LogP contribution in [0.4, 0.5) is 0 Å². The van der Waals surface area contributed by atoms with Gasteiger partial charge in [-0.2, -0.15) is 0 Å². The van der Waals surface area contributed by atoms with E-state index >= 15 is 0 Å². The Morgan fingerprint density at radius 3 is 0.778 bits per heavy atom. The first-order valence-corrected chi connectivity index (χ1v) is 4.48. The van der Waals surface area contributed by atoms with Crippen LogP contribution in [-0.2, 0) is 0 Å². The quantitative estimate of drug-likeness (QED) is 0.440. The molecule has 0 aromatic rings. The van der Waals surface area contributed by atoms with Crippen molar-refractivity contribution in [2.45, 2.75) is 86.1 Å². The van der Waals surface area contributed by atoms with Crippen molar-refractivity contribution in [2.75, 3.05) is 0 Å². The van der Waals surface area contributed by atoms with Crippen molar-refractivity contribution in [3.63, 3.8) is 0 Å². The average molecular weight is 261 g/mol. The van der Waals surface area contributed by atoms with E-state index in [-0.39, 0.29) is 44.6 Å². The summed E-state index contributed by atoms with van der Waals surface area (Å²) in [6.45, 7) is 12.8. The fourth-order valence-electron chi connectivity index (χ4n) is 1.02. The summed E-state index contributed by atoms with van der Waals surface area (Å²) in [6, 6.07) is 0. The van der Waals surface area contributed by atoms with E-state index in [0.29, 0.717) is 0 Å². The smallest absolute Gasteiger partial charge is 0.0393 e. The van der Waals surface area contributed by atoms with E-state index in [1.165, 1.54) is 22.3 Å². The molecule has 0 aromatic heterocycles. The van der Waals surface area contributed by atoms with Gasteiger partial charge >= 0.3 is 0 Å². The van der Waals surface area contributed by atoms with Gasteiger partial charge in [-0.1, -0.05) is 67.9 Å². The van der Waals surface area contributed by atoms with Gasteiger partial charge in [0, 0.05) is 0 Å². The third kappa shape index (κ3) is 13.3. The minimum Gasteiger partial charge on any atom is -0.0844 e. The van der Waals surface area contributed by atoms with Gasteiger partial charge in [0.25, 0.3) is 0 Å². The summed E-state index contributed by atoms with van der Waals surface area (Å²) >= 11 is 0. The topological polar surface area (TPSA) is 0 Å². The van der Waals surface area contributed by atoms with Crippen LogP contribution in [0.15, 0.2) is 34.4 Å². The van der Waals surface area contributed by atoms with Gasteiger partial charge in [-0.25, -0.2) is 0 Å². The summed E-state index contributed by atoms with van der Waals surface area (Å²) in [5.74, 6) is 0. The molecule has 0 atom stereocenters. The number of allylic oxidation sites excluding steroid dienone is 6. The molecule has 0 spiro atoms. The molecule has 0 unspecified atom stereocenters. The van der Waals surface area contributed by atoms with Gasteiger partial charge in [0.15, 0.2) is 0 Å². The molecule has 0 rings (SSSR count). The first-order chi connectivity index (χ1) is 5.54. The molecular weight excluding hydrogens is 216 g/mol. The Morgan fingerprint density at radius 2 is 0.667 bits per heavy atom. The molecule has 0 heteroatoms. The lowest BCUT2D eigenvalue weighted by atomic mass is 9.98. The maximum absolute atomic E-state index is 2.18. The van der Waals surface area contributed by atoms with Crippen LogP contribution in [0.5, 0.6) is 0 Å². The Morgan fingerprint density at radius 1 is 0.500 bits per heavy atom. The first-order valence-electron chi connectivity index (χ1n) is 4.48. The summed E-state index contributed by atoms with van der Waals surface area (Å²) in [4.78, 5) is 0. The third-order valence-electron chi connectivity index (χ3n) is 2.61. The van der Waals surface area contributed by atoms with Crippen LogP contribution in [-0.4, -0.2) is 0 Å². The van der Waals surface area contributed by atoms with Gasteiger partial charge < -0.3 is 0 Å². The zero-order valence-corrected chi connectivity index (χ0v) is 9.15. The van der Waals surface area contributed by atoms with Gasteiger partial charge in [-0.05, 0) is 52.7 Å². The monoisotopic (exact) mass is 260 g/mol. The van der Waals surface area contributed by atoms with Crippen molar-refractivity contribution >= 4 is 0 Å². The van der Waals surface area contributed by atoms with Gasteiger partial charge in [0.1, 0.15) is 0 Å². The SMILES string of the molecule is C.C.C.C.C.C.C/C=C(C)/C(C)=C(C)\C(C)=C\C. The van der Waals surface area contributed by atoms with E-state index in [0.717, 1.165) is 0 Å². The van der Waals surface area contributed by atoms with Crippen molar-refractivity contribution in [3.8, 4) is 0 Å². The van der Waals surface area contributed by atoms with E-state index in [2.05, 4.69) is 53.7 Å². The van der Waals surface area contributed by atoms with E-state index < -0.39 is 0 Å². The summed E-state index contributed by atoms with van der Waals surface area (Å²) in [5.41, 5.74) is 5.53. The number of hydrogen-bond donors (Lipinski definition) is 0. The Labute approximate surface area is 121 Å². The molecule has 116 valence electrons. The minimum absolute atomic E-state index is 0. The molecule has 0 nitrogen and oxygen atoms in total. The van der Waals surface area contributed by atoms with E-state index in [1.807, 2.05) is 0 Å². The molecule has 0 saturated carbocycles. The first kappa shape index (κ1) is 43.4. The third-order valence-corrected chi connectivity index (χ3v) is 2.61. The molecule has 0 saturated heterocycles. The van der Waals surface area contributed by atoms with Crippen molar-refractivity contribution < 1.29 is 0 Å². The highest BCUT2D eigenvalue weighted by molar-refractivity contribution is 5.40. The summed E-state index contributed by atoms with van der Waals surface area (Å²) < 4.78 is 0. The molecule has 0 N–H and O–H groups in total. The predicted octanol–water partition coefficient (Wildman–Crippen LogP) is 8.07. The standard InChI is InChI=1S/C12H20.6CH4/c1-7-9(3)11(5)12(6)10(4)8-2;;;;;;/h7-8H,1-6H3;6*1H4/b9-7+,10-8+,12-11-;;;;;;. The molecule has 0 fully saturated rings. The molecule has 0 aliphatic rings. The largest absolute Gasteiger partial charge is 0.0844 e. The summed E-state index contributed by atoms with van der Waals surface area (Å²) in [7, 11) is 0. The lowest BCUT2D eigenvalue weighted by molar-refractivity contribution is 1.21. The second-order valence-electron chi connectivity index (χ2n) is 3.19. The molecule has 0 aliphatic heterocycles. The fraction of sp³-hybridized carbons (Fsp3) is 0.667. The van der Waals surface area contributed by atoms with Crippen LogP contribution in [0.1, 0.15) is 86.1 Å². The van der Waals surface area contributed by atoms with Gasteiger partial charge in [0.05, 0.1) is 0 Å². The Kier molecular flexibility index (Phi) is 51.8. The summed E-state index contributed by atoms with van der Waals surface area (Å²) in [6.07, 6.45) is 4.31. The zero-order valence-electron chi connectivity index (χ0n) is 9.15. The predicted molar refractivity (Wildman–Crippen MR) is 97.6 cm³/mol. The Balaban J connectivity index is -0.0000000403. The molecule has 0 bridgehead atoms. The van der Waals surface area contributed by atoms with Crippen molar-refractivity contribution in [1.29, 1.82) is 0 Å². The minimum atomic E-state index is 0. The Bertz CT molecular complexity index is 211. The lowest BCUT2D eigenvalue weighted by Gasteiger charge is -2.08. The fourth-order valence-corrected chi connectivity index (χ4v) is 1.02. The van der Waals surface area contributed by atoms with Crippen LogP contribution in [0, 0.1) is 0 Å². The second-order valence-corrected chi connectivity index (χ2v) is 3.19. The van der Waals surface area contributed by atoms with Crippen LogP contribution >= 0.6 is 0 Å². The number of hydrogen-bond acceptors (Lipinski definition) is 0. The van der Waals surface area contributed by atoms with Crippen LogP contribution < -0.4 is 0 Å². The van der Waals surface area contributed by atoms with Crippen LogP contribution in [0.2, 0.25) is 0 Å². The van der Waals surface area contributed by atoms with Crippen LogP contribution in [0.25, 0.3) is 0 Å². The van der Waals surface area contributed by atoms with Crippen molar-refractivity contribution in [2.24, 2.45) is 0 Å². The molecule has 0 aliphatic carbocycles. The van der Waals surface area contributed by atoms with Crippen LogP contribution in [0.3, 0.4) is 0 Å². The maximum atomic E-state index is 2.18. The molecule has 0 aromatic carbocycles. The highest BCUT2D eigenvalue weighted by Crippen LogP contribution is 2.19. The maximum Gasteiger partial charge on any atom is -0.0393 e. The zero-order chi connectivity index (χ0) is 9.72. The molecule has 0 amide bonds. The highest BCUT2D eigenvalue weighted by Gasteiger charge is 1.99. The number of rotatable bonds is 2. The Hall–Kier alpha value is -0.780. The molecule has 0 heterocycles. The van der Waals surface area contributed by atoms with E-state index in [9.17, 15) is 0 Å². The van der Waals surface area contributed by atoms with E-state index in [4.69, 9.17) is 0 Å². The lowest BCUT2D eigenvalue weighted by Crippen LogP contribution is -1.87. The average Bonchev–Trinajstić information content (AvgIpc) is 2.12. The van der Waals surface area contributed by atoms with Crippen molar-refractivity contribution in [1.82, 2.24) is 0 Å². The van der Waals surface area contributed by atoms with Gasteiger partial charge in [-0.3, -0.25) is 0 Å². The normalized spacial score (nSPS) is 10.8. The van der Waals surface area contributed by atoms with Crippen molar-refractivity contribution in [3.05, 3.63) is 34.4 Å². The van der Waals surface area contributed by atoms with Gasteiger partial charge in [-0.15, -0.1) is 0 Å². The molecule has 0 radical (unpaired) electrons. The van der Waals surface area contributed by atoms with Gasteiger partial charge in [0.2, 0.25) is 0 Å². The molecular formula is C18H44. The highest BCUT2D eigenvalue weighted by atomic mass is 14.0.